The summed E-state index contributed by atoms with van der Waals surface area (Å²) in [6.07, 6.45) is 3.52. The number of carbonyl (C=O) groups is 2. The molecule has 1 saturated carbocycles. The monoisotopic (exact) mass is 460 g/mol. The Bertz CT molecular complexity index is 1240. The van der Waals surface area contributed by atoms with Crippen LogP contribution in [0.5, 0.6) is 5.75 Å². The number of para-hydroxylation sites is 1. The Labute approximate surface area is 198 Å². The van der Waals surface area contributed by atoms with Crippen LogP contribution in [-0.2, 0) is 11.3 Å². The number of carbonyl (C=O) groups excluding carboxylic acids is 2. The molecule has 2 heterocycles. The van der Waals surface area contributed by atoms with Crippen LogP contribution in [0.1, 0.15) is 42.7 Å². The van der Waals surface area contributed by atoms with E-state index >= 15 is 0 Å². The Morgan fingerprint density at radius 2 is 1.85 bits per heavy atom. The molecule has 2 aliphatic rings. The number of anilines is 1. The van der Waals surface area contributed by atoms with E-state index in [9.17, 15) is 9.59 Å². The van der Waals surface area contributed by atoms with Crippen molar-refractivity contribution in [2.75, 3.05) is 12.0 Å². The third-order valence-corrected chi connectivity index (χ3v) is 6.97. The Morgan fingerprint density at radius 3 is 2.65 bits per heavy atom. The van der Waals surface area contributed by atoms with Crippen LogP contribution in [0.3, 0.4) is 0 Å². The van der Waals surface area contributed by atoms with Crippen LogP contribution in [0, 0.1) is 19.8 Å². The summed E-state index contributed by atoms with van der Waals surface area (Å²) in [7, 11) is 1.59. The van der Waals surface area contributed by atoms with E-state index in [-0.39, 0.29) is 30.4 Å². The first-order valence-electron chi connectivity index (χ1n) is 11.7. The summed E-state index contributed by atoms with van der Waals surface area (Å²) in [5, 5.41) is 4.12. The molecule has 2 aromatic carbocycles. The summed E-state index contributed by atoms with van der Waals surface area (Å²) < 4.78 is 10.9. The fraction of sp³-hybridized carbons (Fsp3) is 0.385. The third kappa shape index (κ3) is 3.83. The van der Waals surface area contributed by atoms with Gasteiger partial charge >= 0.3 is 6.03 Å². The van der Waals surface area contributed by atoms with E-state index < -0.39 is 0 Å². The number of benzene rings is 2. The molecular weight excluding hydrogens is 432 g/mol. The summed E-state index contributed by atoms with van der Waals surface area (Å²) in [5.41, 5.74) is 3.47. The zero-order valence-corrected chi connectivity index (χ0v) is 19.7. The zero-order chi connectivity index (χ0) is 23.8. The highest BCUT2D eigenvalue weighted by molar-refractivity contribution is 6.17. The van der Waals surface area contributed by atoms with Gasteiger partial charge in [0.15, 0.2) is 0 Å². The smallest absolute Gasteiger partial charge is 0.332 e. The van der Waals surface area contributed by atoms with Gasteiger partial charge in [0.05, 0.1) is 24.3 Å². The predicted octanol–water partition coefficient (Wildman–Crippen LogP) is 4.89. The molecule has 1 aliphatic heterocycles. The van der Waals surface area contributed by atoms with Crippen LogP contribution in [0.4, 0.5) is 10.5 Å². The molecule has 1 aliphatic carbocycles. The number of hydrogen-bond acceptors (Lipinski definition) is 6. The number of hydrogen-bond donors (Lipinski definition) is 0. The van der Waals surface area contributed by atoms with Crippen molar-refractivity contribution in [3.8, 4) is 17.1 Å². The number of aryl methyl sites for hydroxylation is 2. The number of urea groups is 1. The second-order valence-corrected chi connectivity index (χ2v) is 9.02. The summed E-state index contributed by atoms with van der Waals surface area (Å²) in [5.74, 6) is 1.02. The summed E-state index contributed by atoms with van der Waals surface area (Å²) in [6.45, 7) is 4.14. The lowest BCUT2D eigenvalue weighted by Crippen LogP contribution is -2.62. The van der Waals surface area contributed by atoms with Gasteiger partial charge in [0.2, 0.25) is 17.6 Å². The molecule has 2 unspecified atom stereocenters. The standard InChI is InChI=1S/C26H28N4O4/c1-16-12-13-18(14-17(16)2)30-25(31)19-8-4-6-10-21(19)29(26(30)32)15-23-27-24(28-34-23)20-9-5-7-11-22(20)33-3/h5,7,9,11-14,19,21H,4,6,8,10,15H2,1-3H3. The molecular formula is C26H28N4O4. The minimum atomic E-state index is -0.339. The minimum absolute atomic E-state index is 0.116. The van der Waals surface area contributed by atoms with E-state index in [1.54, 1.807) is 12.0 Å². The minimum Gasteiger partial charge on any atom is -0.496 e. The highest BCUT2D eigenvalue weighted by Crippen LogP contribution is 2.38. The Balaban J connectivity index is 1.47. The van der Waals surface area contributed by atoms with Crippen LogP contribution in [0.2, 0.25) is 0 Å². The van der Waals surface area contributed by atoms with Crippen molar-refractivity contribution in [2.24, 2.45) is 5.92 Å². The molecule has 8 heteroatoms. The average Bonchev–Trinajstić information content (AvgIpc) is 3.32. The van der Waals surface area contributed by atoms with Gasteiger partial charge in [-0.2, -0.15) is 4.98 Å². The Morgan fingerprint density at radius 1 is 1.06 bits per heavy atom. The molecule has 1 aromatic heterocycles. The quantitative estimate of drug-likeness (QED) is 0.539. The molecule has 0 bridgehead atoms. The molecule has 3 aromatic rings. The van der Waals surface area contributed by atoms with Gasteiger partial charge in [-0.25, -0.2) is 9.69 Å². The van der Waals surface area contributed by atoms with Gasteiger partial charge < -0.3 is 14.2 Å². The van der Waals surface area contributed by atoms with E-state index in [1.807, 2.05) is 56.3 Å². The van der Waals surface area contributed by atoms with E-state index in [0.717, 1.165) is 36.8 Å². The number of ether oxygens (including phenoxy) is 1. The molecule has 5 rings (SSSR count). The Hall–Kier alpha value is -3.68. The van der Waals surface area contributed by atoms with Crippen LogP contribution in [0.25, 0.3) is 11.4 Å². The molecule has 2 atom stereocenters. The van der Waals surface area contributed by atoms with Crippen LogP contribution < -0.4 is 9.64 Å². The summed E-state index contributed by atoms with van der Waals surface area (Å²) >= 11 is 0. The third-order valence-electron chi connectivity index (χ3n) is 6.97. The second kappa shape index (κ2) is 8.93. The highest BCUT2D eigenvalue weighted by Gasteiger charge is 2.48. The van der Waals surface area contributed by atoms with Crippen LogP contribution in [0.15, 0.2) is 47.0 Å². The van der Waals surface area contributed by atoms with Crippen molar-refractivity contribution in [3.63, 3.8) is 0 Å². The molecule has 8 nitrogen and oxygen atoms in total. The zero-order valence-electron chi connectivity index (χ0n) is 19.7. The maximum atomic E-state index is 13.7. The largest absolute Gasteiger partial charge is 0.496 e. The summed E-state index contributed by atoms with van der Waals surface area (Å²) in [6, 6.07) is 12.6. The van der Waals surface area contributed by atoms with Gasteiger partial charge in [0, 0.05) is 6.04 Å². The number of imide groups is 1. The normalized spacial score (nSPS) is 20.4. The lowest BCUT2D eigenvalue weighted by Gasteiger charge is -2.46. The van der Waals surface area contributed by atoms with Gasteiger partial charge in [0.1, 0.15) is 12.3 Å². The van der Waals surface area contributed by atoms with Gasteiger partial charge in [-0.3, -0.25) is 4.79 Å². The first-order valence-corrected chi connectivity index (χ1v) is 11.7. The molecule has 2 fully saturated rings. The second-order valence-electron chi connectivity index (χ2n) is 9.02. The molecule has 176 valence electrons. The van der Waals surface area contributed by atoms with Crippen molar-refractivity contribution < 1.29 is 18.8 Å². The maximum absolute atomic E-state index is 13.7. The van der Waals surface area contributed by atoms with E-state index in [2.05, 4.69) is 10.1 Å². The van der Waals surface area contributed by atoms with E-state index in [1.165, 1.54) is 4.90 Å². The maximum Gasteiger partial charge on any atom is 0.332 e. The van der Waals surface area contributed by atoms with E-state index in [0.29, 0.717) is 28.7 Å². The van der Waals surface area contributed by atoms with Crippen molar-refractivity contribution >= 4 is 17.6 Å². The van der Waals surface area contributed by atoms with Crippen molar-refractivity contribution in [1.29, 1.82) is 0 Å². The number of rotatable bonds is 5. The van der Waals surface area contributed by atoms with Gasteiger partial charge in [-0.05, 0) is 62.1 Å². The van der Waals surface area contributed by atoms with Gasteiger partial charge in [-0.1, -0.05) is 36.2 Å². The predicted molar refractivity (Wildman–Crippen MR) is 126 cm³/mol. The first-order chi connectivity index (χ1) is 16.5. The van der Waals surface area contributed by atoms with E-state index in [4.69, 9.17) is 9.26 Å². The van der Waals surface area contributed by atoms with Crippen molar-refractivity contribution in [1.82, 2.24) is 15.0 Å². The van der Waals surface area contributed by atoms with Gasteiger partial charge in [-0.15, -0.1) is 0 Å². The van der Waals surface area contributed by atoms with Gasteiger partial charge in [0.25, 0.3) is 0 Å². The number of aromatic nitrogens is 2. The fourth-order valence-electron chi connectivity index (χ4n) is 4.99. The number of fused-ring (bicyclic) bond motifs is 1. The number of nitrogens with zero attached hydrogens (tertiary/aromatic N) is 4. The average molecular weight is 461 g/mol. The number of methoxy groups -OCH3 is 1. The number of amides is 3. The topological polar surface area (TPSA) is 88.8 Å². The molecule has 3 amide bonds. The Kier molecular flexibility index (Phi) is 5.81. The first kappa shape index (κ1) is 22.1. The lowest BCUT2D eigenvalue weighted by molar-refractivity contribution is -0.127. The van der Waals surface area contributed by atoms with Crippen LogP contribution in [-0.4, -0.2) is 40.1 Å². The molecule has 0 spiro atoms. The molecule has 0 radical (unpaired) electrons. The fourth-order valence-corrected chi connectivity index (χ4v) is 4.99. The summed E-state index contributed by atoms with van der Waals surface area (Å²) in [4.78, 5) is 34.7. The highest BCUT2D eigenvalue weighted by atomic mass is 16.5. The lowest BCUT2D eigenvalue weighted by atomic mass is 9.81. The van der Waals surface area contributed by atoms with Crippen molar-refractivity contribution in [2.45, 2.75) is 52.1 Å². The van der Waals surface area contributed by atoms with Crippen LogP contribution >= 0.6 is 0 Å². The molecule has 0 N–H and O–H groups in total. The molecule has 34 heavy (non-hydrogen) atoms. The van der Waals surface area contributed by atoms with Crippen molar-refractivity contribution in [3.05, 3.63) is 59.5 Å². The SMILES string of the molecule is COc1ccccc1-c1noc(CN2C(=O)N(c3ccc(C)c(C)c3)C(=O)C3CCCCC32)n1. The molecule has 1 saturated heterocycles.